The number of hydrogen-bond donors (Lipinski definition) is 1. The molecule has 1 heterocycles. The number of carbonyl (C=O) groups is 2. The number of rotatable bonds is 9. The molecule has 1 N–H and O–H groups in total. The Morgan fingerprint density at radius 3 is 2.57 bits per heavy atom. The minimum Gasteiger partial charge on any atom is -0.492 e. The maximum atomic E-state index is 13.1. The summed E-state index contributed by atoms with van der Waals surface area (Å²) < 4.78 is 11.6. The van der Waals surface area contributed by atoms with Gasteiger partial charge in [0.2, 0.25) is 11.8 Å². The van der Waals surface area contributed by atoms with Gasteiger partial charge in [-0.3, -0.25) is 9.59 Å². The fourth-order valence-electron chi connectivity index (χ4n) is 4.03. The Bertz CT molecular complexity index is 1230. The minimum absolute atomic E-state index is 0.103. The van der Waals surface area contributed by atoms with Gasteiger partial charge in [-0.15, -0.1) is 0 Å². The molecule has 3 aromatic rings. The normalized spacial score (nSPS) is 14.9. The summed E-state index contributed by atoms with van der Waals surface area (Å²) in [7, 11) is 0. The minimum atomic E-state index is -0.473. The molecule has 1 saturated heterocycles. The molecule has 7 heteroatoms. The maximum Gasteiger partial charge on any atom is 0.229 e. The van der Waals surface area contributed by atoms with Crippen LogP contribution < -0.4 is 19.7 Å². The van der Waals surface area contributed by atoms with E-state index in [0.717, 1.165) is 11.1 Å². The summed E-state index contributed by atoms with van der Waals surface area (Å²) in [6.07, 6.45) is 0.494. The molecule has 2 amide bonds. The lowest BCUT2D eigenvalue weighted by Crippen LogP contribution is -2.28. The van der Waals surface area contributed by atoms with Crippen LogP contribution in [0.15, 0.2) is 72.8 Å². The third-order valence-corrected chi connectivity index (χ3v) is 5.83. The van der Waals surface area contributed by atoms with Crippen molar-refractivity contribution in [2.75, 3.05) is 23.4 Å². The first-order valence-corrected chi connectivity index (χ1v) is 11.6. The van der Waals surface area contributed by atoms with Gasteiger partial charge in [-0.2, -0.15) is 5.26 Å². The van der Waals surface area contributed by atoms with Crippen LogP contribution in [-0.4, -0.2) is 25.0 Å². The Morgan fingerprint density at radius 2 is 1.80 bits per heavy atom. The van der Waals surface area contributed by atoms with Crippen molar-refractivity contribution >= 4 is 23.2 Å². The molecule has 178 valence electrons. The number of nitrogens with one attached hydrogen (secondary N) is 1. The summed E-state index contributed by atoms with van der Waals surface area (Å²) in [5.74, 6) is 0.529. The van der Waals surface area contributed by atoms with Crippen molar-refractivity contribution in [1.82, 2.24) is 0 Å². The fraction of sp³-hybridized carbons (Fsp3) is 0.250. The van der Waals surface area contributed by atoms with E-state index in [9.17, 15) is 9.59 Å². The van der Waals surface area contributed by atoms with E-state index in [1.165, 1.54) is 0 Å². The highest BCUT2D eigenvalue weighted by atomic mass is 16.5. The zero-order valence-corrected chi connectivity index (χ0v) is 19.6. The lowest BCUT2D eigenvalue weighted by atomic mass is 10.1. The first-order valence-electron chi connectivity index (χ1n) is 11.6. The van der Waals surface area contributed by atoms with Gasteiger partial charge in [-0.25, -0.2) is 0 Å². The van der Waals surface area contributed by atoms with Gasteiger partial charge in [0.25, 0.3) is 0 Å². The zero-order valence-electron chi connectivity index (χ0n) is 19.6. The second-order valence-corrected chi connectivity index (χ2v) is 8.22. The number of anilines is 2. The molecule has 1 atom stereocenters. The Balaban J connectivity index is 1.41. The van der Waals surface area contributed by atoms with E-state index in [2.05, 4.69) is 11.4 Å². The molecule has 0 saturated carbocycles. The zero-order chi connectivity index (χ0) is 24.6. The van der Waals surface area contributed by atoms with Crippen LogP contribution in [0.5, 0.6) is 11.5 Å². The van der Waals surface area contributed by atoms with Gasteiger partial charge in [-0.1, -0.05) is 42.5 Å². The number of carbonyl (C=O) groups excluding carboxylic acids is 2. The average molecular weight is 470 g/mol. The number of amides is 2. The molecule has 1 unspecified atom stereocenters. The summed E-state index contributed by atoms with van der Waals surface area (Å²) in [6.45, 7) is 2.95. The highest BCUT2D eigenvalue weighted by Gasteiger charge is 2.36. The van der Waals surface area contributed by atoms with E-state index in [1.54, 1.807) is 4.90 Å². The summed E-state index contributed by atoms with van der Waals surface area (Å²) in [5, 5.41) is 11.8. The Morgan fingerprint density at radius 1 is 1.06 bits per heavy atom. The quantitative estimate of drug-likeness (QED) is 0.490. The molecule has 1 aliphatic heterocycles. The van der Waals surface area contributed by atoms with Gasteiger partial charge in [0.05, 0.1) is 30.7 Å². The van der Waals surface area contributed by atoms with E-state index < -0.39 is 5.92 Å². The highest BCUT2D eigenvalue weighted by molar-refractivity contribution is 6.04. The maximum absolute atomic E-state index is 13.1. The number of para-hydroxylation sites is 3. The van der Waals surface area contributed by atoms with Crippen LogP contribution in [0.25, 0.3) is 0 Å². The van der Waals surface area contributed by atoms with Crippen molar-refractivity contribution in [1.29, 1.82) is 5.26 Å². The molecule has 0 aliphatic carbocycles. The van der Waals surface area contributed by atoms with Gasteiger partial charge in [0.15, 0.2) is 0 Å². The molecular formula is C28H27N3O4. The van der Waals surface area contributed by atoms with Crippen LogP contribution in [-0.2, 0) is 22.6 Å². The van der Waals surface area contributed by atoms with E-state index in [-0.39, 0.29) is 24.8 Å². The van der Waals surface area contributed by atoms with Gasteiger partial charge >= 0.3 is 0 Å². The van der Waals surface area contributed by atoms with Crippen LogP contribution in [0, 0.1) is 17.2 Å². The number of nitriles is 1. The van der Waals surface area contributed by atoms with Crippen molar-refractivity contribution in [3.8, 4) is 17.6 Å². The SMILES string of the molecule is CCOc1ccccc1N1CC(C(=O)Nc2ccccc2COc2ccc(CC#N)cc2)CC1=O. The first kappa shape index (κ1) is 23.8. The second kappa shape index (κ2) is 11.2. The van der Waals surface area contributed by atoms with E-state index in [1.807, 2.05) is 79.7 Å². The van der Waals surface area contributed by atoms with Crippen molar-refractivity contribution in [3.63, 3.8) is 0 Å². The van der Waals surface area contributed by atoms with Crippen molar-refractivity contribution < 1.29 is 19.1 Å². The lowest BCUT2D eigenvalue weighted by Gasteiger charge is -2.20. The molecule has 0 radical (unpaired) electrons. The summed E-state index contributed by atoms with van der Waals surface area (Å²) in [4.78, 5) is 27.5. The van der Waals surface area contributed by atoms with E-state index in [4.69, 9.17) is 14.7 Å². The summed E-state index contributed by atoms with van der Waals surface area (Å²) in [6, 6.07) is 24.3. The van der Waals surface area contributed by atoms with E-state index in [0.29, 0.717) is 42.4 Å². The molecular weight excluding hydrogens is 442 g/mol. The van der Waals surface area contributed by atoms with Gasteiger partial charge in [-0.05, 0) is 42.8 Å². The molecule has 4 rings (SSSR count). The first-order chi connectivity index (χ1) is 17.1. The summed E-state index contributed by atoms with van der Waals surface area (Å²) in [5.41, 5.74) is 3.09. The highest BCUT2D eigenvalue weighted by Crippen LogP contribution is 2.33. The third kappa shape index (κ3) is 5.79. The molecule has 1 fully saturated rings. The van der Waals surface area contributed by atoms with Crippen LogP contribution in [0.4, 0.5) is 11.4 Å². The molecule has 3 aromatic carbocycles. The van der Waals surface area contributed by atoms with Crippen molar-refractivity contribution in [2.45, 2.75) is 26.4 Å². The predicted molar refractivity (Wildman–Crippen MR) is 133 cm³/mol. The number of benzene rings is 3. The monoisotopic (exact) mass is 469 g/mol. The fourth-order valence-corrected chi connectivity index (χ4v) is 4.03. The lowest BCUT2D eigenvalue weighted by molar-refractivity contribution is -0.122. The van der Waals surface area contributed by atoms with Crippen molar-refractivity contribution in [2.24, 2.45) is 5.92 Å². The van der Waals surface area contributed by atoms with Crippen LogP contribution >= 0.6 is 0 Å². The number of nitrogens with zero attached hydrogens (tertiary/aromatic N) is 2. The topological polar surface area (TPSA) is 91.7 Å². The predicted octanol–water partition coefficient (Wildman–Crippen LogP) is 4.72. The molecule has 0 spiro atoms. The Hall–Kier alpha value is -4.31. The molecule has 0 bridgehead atoms. The Kier molecular flexibility index (Phi) is 7.63. The van der Waals surface area contributed by atoms with Gasteiger partial charge in [0.1, 0.15) is 18.1 Å². The molecule has 1 aliphatic rings. The van der Waals surface area contributed by atoms with Crippen LogP contribution in [0.1, 0.15) is 24.5 Å². The second-order valence-electron chi connectivity index (χ2n) is 8.22. The van der Waals surface area contributed by atoms with Gasteiger partial charge < -0.3 is 19.7 Å². The smallest absolute Gasteiger partial charge is 0.229 e. The van der Waals surface area contributed by atoms with Crippen LogP contribution in [0.2, 0.25) is 0 Å². The average Bonchev–Trinajstić information content (AvgIpc) is 3.26. The van der Waals surface area contributed by atoms with Crippen molar-refractivity contribution in [3.05, 3.63) is 83.9 Å². The Labute approximate surface area is 204 Å². The largest absolute Gasteiger partial charge is 0.492 e. The molecule has 7 nitrogen and oxygen atoms in total. The molecule has 0 aromatic heterocycles. The third-order valence-electron chi connectivity index (χ3n) is 5.83. The summed E-state index contributed by atoms with van der Waals surface area (Å²) >= 11 is 0. The standard InChI is InChI=1S/C28H27N3O4/c1-2-34-26-10-6-5-9-25(26)31-18-22(17-27(31)32)28(33)30-24-8-4-3-7-21(24)19-35-23-13-11-20(12-14-23)15-16-29/h3-14,22H,2,15,17-19H2,1H3,(H,30,33). The van der Waals surface area contributed by atoms with Gasteiger partial charge in [0, 0.05) is 24.2 Å². The van der Waals surface area contributed by atoms with Crippen LogP contribution in [0.3, 0.4) is 0 Å². The van der Waals surface area contributed by atoms with E-state index >= 15 is 0 Å². The molecule has 35 heavy (non-hydrogen) atoms. The number of hydrogen-bond acceptors (Lipinski definition) is 5. The number of ether oxygens (including phenoxy) is 2.